The summed E-state index contributed by atoms with van der Waals surface area (Å²) in [6.07, 6.45) is 0. The Morgan fingerprint density at radius 2 is 2.00 bits per heavy atom. The number of benzene rings is 1. The van der Waals surface area contributed by atoms with E-state index >= 15 is 0 Å². The highest BCUT2D eigenvalue weighted by Gasteiger charge is 2.23. The maximum atomic E-state index is 13.5. The molecule has 0 aliphatic heterocycles. The Kier molecular flexibility index (Phi) is 5.44. The van der Waals surface area contributed by atoms with Crippen molar-refractivity contribution < 1.29 is 18.7 Å². The smallest absolute Gasteiger partial charge is 0.254 e. The van der Waals surface area contributed by atoms with Crippen molar-refractivity contribution in [3.8, 4) is 0 Å². The van der Waals surface area contributed by atoms with Crippen LogP contribution in [0.25, 0.3) is 0 Å². The summed E-state index contributed by atoms with van der Waals surface area (Å²) in [5.41, 5.74) is -1.63. The molecule has 4 nitrogen and oxygen atoms in total. The Morgan fingerprint density at radius 1 is 1.40 bits per heavy atom. The minimum absolute atomic E-state index is 0.0896. The molecule has 1 aromatic carbocycles. The number of hydrogen-bond acceptors (Lipinski definition) is 3. The standard InChI is InChI=1S/C13H17ClF2N2O2/c1-13(20,7-18(2)3)6-17-12(19)8-4-11(16)9(14)5-10(8)15/h4-5,20H,6-7H2,1-3H3,(H,17,19). The predicted molar refractivity (Wildman–Crippen MR) is 72.9 cm³/mol. The average Bonchev–Trinajstić information content (AvgIpc) is 2.29. The van der Waals surface area contributed by atoms with E-state index in [2.05, 4.69) is 5.32 Å². The van der Waals surface area contributed by atoms with Crippen molar-refractivity contribution in [2.24, 2.45) is 0 Å². The summed E-state index contributed by atoms with van der Waals surface area (Å²) in [4.78, 5) is 13.5. The summed E-state index contributed by atoms with van der Waals surface area (Å²) in [6.45, 7) is 1.75. The molecule has 1 aromatic rings. The number of nitrogens with one attached hydrogen (secondary N) is 1. The van der Waals surface area contributed by atoms with Gasteiger partial charge in [-0.05, 0) is 33.2 Å². The zero-order chi connectivity index (χ0) is 15.5. The number of aliphatic hydroxyl groups is 1. The van der Waals surface area contributed by atoms with E-state index in [1.165, 1.54) is 6.92 Å². The van der Waals surface area contributed by atoms with Crippen LogP contribution in [0.15, 0.2) is 12.1 Å². The molecule has 0 saturated carbocycles. The van der Waals surface area contributed by atoms with Gasteiger partial charge >= 0.3 is 0 Å². The summed E-state index contributed by atoms with van der Waals surface area (Å²) >= 11 is 5.41. The number of likely N-dealkylation sites (N-methyl/N-ethyl adjacent to an activating group) is 1. The number of amides is 1. The van der Waals surface area contributed by atoms with Gasteiger partial charge in [-0.2, -0.15) is 0 Å². The maximum absolute atomic E-state index is 13.5. The third kappa shape index (κ3) is 4.70. The molecule has 0 aromatic heterocycles. The van der Waals surface area contributed by atoms with Gasteiger partial charge in [0.25, 0.3) is 5.91 Å². The van der Waals surface area contributed by atoms with Crippen LogP contribution in [0, 0.1) is 11.6 Å². The number of nitrogens with zero attached hydrogens (tertiary/aromatic N) is 1. The van der Waals surface area contributed by atoms with Crippen molar-refractivity contribution in [1.82, 2.24) is 10.2 Å². The van der Waals surface area contributed by atoms with Gasteiger partial charge in [0.15, 0.2) is 0 Å². The largest absolute Gasteiger partial charge is 0.387 e. The van der Waals surface area contributed by atoms with E-state index in [-0.39, 0.29) is 6.54 Å². The third-order valence-corrected chi connectivity index (χ3v) is 2.83. The van der Waals surface area contributed by atoms with Crippen LogP contribution in [-0.4, -0.2) is 48.7 Å². The predicted octanol–water partition coefficient (Wildman–Crippen LogP) is 1.66. The van der Waals surface area contributed by atoms with Gasteiger partial charge in [0.1, 0.15) is 11.6 Å². The normalized spacial score (nSPS) is 14.2. The molecule has 0 heterocycles. The molecule has 1 rings (SSSR count). The number of halogens is 3. The van der Waals surface area contributed by atoms with Crippen LogP contribution in [0.4, 0.5) is 8.78 Å². The molecule has 1 unspecified atom stereocenters. The summed E-state index contributed by atoms with van der Waals surface area (Å²) in [5.74, 6) is -2.60. The molecule has 0 radical (unpaired) electrons. The van der Waals surface area contributed by atoms with Gasteiger partial charge in [0.2, 0.25) is 0 Å². The van der Waals surface area contributed by atoms with Gasteiger partial charge < -0.3 is 15.3 Å². The van der Waals surface area contributed by atoms with Crippen molar-refractivity contribution in [2.75, 3.05) is 27.2 Å². The molecule has 0 aliphatic rings. The average molecular weight is 307 g/mol. The Bertz CT molecular complexity index is 507. The van der Waals surface area contributed by atoms with E-state index in [9.17, 15) is 18.7 Å². The minimum Gasteiger partial charge on any atom is -0.387 e. The van der Waals surface area contributed by atoms with Crippen molar-refractivity contribution in [3.63, 3.8) is 0 Å². The highest BCUT2D eigenvalue weighted by atomic mass is 35.5. The van der Waals surface area contributed by atoms with Gasteiger partial charge in [0, 0.05) is 13.1 Å². The fourth-order valence-corrected chi connectivity index (χ4v) is 1.95. The van der Waals surface area contributed by atoms with Crippen molar-refractivity contribution >= 4 is 17.5 Å². The molecule has 0 fully saturated rings. The first kappa shape index (κ1) is 16.8. The fourth-order valence-electron chi connectivity index (χ4n) is 1.80. The lowest BCUT2D eigenvalue weighted by molar-refractivity contribution is 0.0325. The van der Waals surface area contributed by atoms with Gasteiger partial charge in [-0.15, -0.1) is 0 Å². The summed E-state index contributed by atoms with van der Waals surface area (Å²) in [6, 6.07) is 1.47. The van der Waals surface area contributed by atoms with Crippen LogP contribution in [-0.2, 0) is 0 Å². The van der Waals surface area contributed by atoms with Crippen LogP contribution >= 0.6 is 11.6 Å². The molecule has 7 heteroatoms. The fraction of sp³-hybridized carbons (Fsp3) is 0.462. The zero-order valence-electron chi connectivity index (χ0n) is 11.5. The van der Waals surface area contributed by atoms with Crippen LogP contribution in [0.5, 0.6) is 0 Å². The zero-order valence-corrected chi connectivity index (χ0v) is 12.3. The van der Waals surface area contributed by atoms with Crippen LogP contribution in [0.3, 0.4) is 0 Å². The lowest BCUT2D eigenvalue weighted by Crippen LogP contribution is -2.47. The van der Waals surface area contributed by atoms with Gasteiger partial charge in [0.05, 0.1) is 16.2 Å². The summed E-state index contributed by atoms with van der Waals surface area (Å²) in [5, 5.41) is 12.0. The molecule has 0 spiro atoms. The number of carbonyl (C=O) groups is 1. The molecular formula is C13H17ClF2N2O2. The van der Waals surface area contributed by atoms with Crippen LogP contribution in [0.1, 0.15) is 17.3 Å². The molecule has 2 N–H and O–H groups in total. The first-order valence-corrected chi connectivity index (χ1v) is 6.30. The third-order valence-electron chi connectivity index (χ3n) is 2.54. The topological polar surface area (TPSA) is 52.6 Å². The molecule has 1 atom stereocenters. The first-order chi connectivity index (χ1) is 9.12. The summed E-state index contributed by atoms with van der Waals surface area (Å²) in [7, 11) is 3.54. The van der Waals surface area contributed by atoms with E-state index in [0.29, 0.717) is 6.54 Å². The highest BCUT2D eigenvalue weighted by molar-refractivity contribution is 6.30. The lowest BCUT2D eigenvalue weighted by atomic mass is 10.1. The van der Waals surface area contributed by atoms with E-state index < -0.39 is 33.7 Å². The van der Waals surface area contributed by atoms with Crippen LogP contribution in [0.2, 0.25) is 5.02 Å². The quantitative estimate of drug-likeness (QED) is 0.814. The van der Waals surface area contributed by atoms with Crippen molar-refractivity contribution in [3.05, 3.63) is 34.4 Å². The van der Waals surface area contributed by atoms with Crippen molar-refractivity contribution in [1.29, 1.82) is 0 Å². The number of hydrogen-bond donors (Lipinski definition) is 2. The molecule has 1 amide bonds. The lowest BCUT2D eigenvalue weighted by Gasteiger charge is -2.27. The molecule has 112 valence electrons. The SMILES string of the molecule is CN(C)CC(C)(O)CNC(=O)c1cc(F)c(Cl)cc1F. The Morgan fingerprint density at radius 3 is 2.55 bits per heavy atom. The first-order valence-electron chi connectivity index (χ1n) is 5.92. The van der Waals surface area contributed by atoms with E-state index in [1.54, 1.807) is 19.0 Å². The highest BCUT2D eigenvalue weighted by Crippen LogP contribution is 2.19. The van der Waals surface area contributed by atoms with E-state index in [0.717, 1.165) is 12.1 Å². The van der Waals surface area contributed by atoms with Gasteiger partial charge in [-0.3, -0.25) is 4.79 Å². The molecule has 0 bridgehead atoms. The molecular weight excluding hydrogens is 290 g/mol. The number of rotatable bonds is 5. The van der Waals surface area contributed by atoms with Gasteiger partial charge in [-0.25, -0.2) is 8.78 Å². The van der Waals surface area contributed by atoms with Crippen molar-refractivity contribution in [2.45, 2.75) is 12.5 Å². The number of carbonyl (C=O) groups excluding carboxylic acids is 1. The Hall–Kier alpha value is -1.24. The monoisotopic (exact) mass is 306 g/mol. The minimum atomic E-state index is -1.18. The Labute approximate surface area is 121 Å². The summed E-state index contributed by atoms with van der Waals surface area (Å²) < 4.78 is 26.8. The van der Waals surface area contributed by atoms with E-state index in [1.807, 2.05) is 0 Å². The second-order valence-corrected chi connectivity index (χ2v) is 5.57. The van der Waals surface area contributed by atoms with Gasteiger partial charge in [-0.1, -0.05) is 11.6 Å². The second-order valence-electron chi connectivity index (χ2n) is 5.16. The Balaban J connectivity index is 2.75. The van der Waals surface area contributed by atoms with E-state index in [4.69, 9.17) is 11.6 Å². The second kappa shape index (κ2) is 6.47. The molecule has 20 heavy (non-hydrogen) atoms. The molecule has 0 saturated heterocycles. The maximum Gasteiger partial charge on any atom is 0.254 e. The van der Waals surface area contributed by atoms with Crippen LogP contribution < -0.4 is 5.32 Å². The molecule has 0 aliphatic carbocycles.